The van der Waals surface area contributed by atoms with Crippen LogP contribution < -0.4 is 16.4 Å². The molecular weight excluding hydrogens is 248 g/mol. The molecule has 0 saturated heterocycles. The number of hydrogen-bond acceptors (Lipinski definition) is 2. The summed E-state index contributed by atoms with van der Waals surface area (Å²) in [5, 5.41) is 11.5. The Balaban J connectivity index is 2.65. The van der Waals surface area contributed by atoms with Gasteiger partial charge in [-0.05, 0) is 28.1 Å². The van der Waals surface area contributed by atoms with Crippen LogP contribution in [0.1, 0.15) is 0 Å². The Kier molecular flexibility index (Phi) is 3.47. The van der Waals surface area contributed by atoms with E-state index in [4.69, 9.17) is 11.1 Å². The number of guanidine groups is 1. The fourth-order valence-electron chi connectivity index (χ4n) is 0.838. The number of para-hydroxylation sites is 1. The van der Waals surface area contributed by atoms with Crippen molar-refractivity contribution in [1.29, 1.82) is 5.41 Å². The van der Waals surface area contributed by atoms with Crippen molar-refractivity contribution in [3.63, 3.8) is 0 Å². The third-order valence-electron chi connectivity index (χ3n) is 1.37. The summed E-state index contributed by atoms with van der Waals surface area (Å²) in [5.41, 5.74) is 5.60. The Morgan fingerprint density at radius 3 is 2.64 bits per heavy atom. The zero-order valence-corrected chi connectivity index (χ0v) is 8.76. The van der Waals surface area contributed by atoms with Gasteiger partial charge in [0.05, 0.1) is 5.69 Å². The van der Waals surface area contributed by atoms with E-state index >= 15 is 0 Å². The molecule has 0 fully saturated rings. The highest BCUT2D eigenvalue weighted by molar-refractivity contribution is 9.10. The smallest absolute Gasteiger partial charge is 0.326 e. The second-order valence-electron chi connectivity index (χ2n) is 2.47. The Hall–Kier alpha value is -1.56. The fraction of sp³-hybridized carbons (Fsp3) is 0. The van der Waals surface area contributed by atoms with Gasteiger partial charge in [0, 0.05) is 4.47 Å². The number of anilines is 1. The van der Waals surface area contributed by atoms with Gasteiger partial charge < -0.3 is 11.1 Å². The Morgan fingerprint density at radius 1 is 1.43 bits per heavy atom. The van der Waals surface area contributed by atoms with Gasteiger partial charge >= 0.3 is 6.03 Å². The van der Waals surface area contributed by atoms with Crippen molar-refractivity contribution in [3.05, 3.63) is 28.7 Å². The highest BCUT2D eigenvalue weighted by atomic mass is 79.9. The van der Waals surface area contributed by atoms with Gasteiger partial charge in [0.2, 0.25) is 0 Å². The molecule has 14 heavy (non-hydrogen) atoms. The first-order chi connectivity index (χ1) is 6.59. The molecule has 1 rings (SSSR count). The Labute approximate surface area is 89.3 Å². The van der Waals surface area contributed by atoms with Crippen LogP contribution in [0.25, 0.3) is 0 Å². The number of carbonyl (C=O) groups excluding carboxylic acids is 1. The minimum Gasteiger partial charge on any atom is -0.370 e. The number of benzene rings is 1. The summed E-state index contributed by atoms with van der Waals surface area (Å²) < 4.78 is 0.763. The van der Waals surface area contributed by atoms with Crippen LogP contribution in [-0.2, 0) is 0 Å². The predicted molar refractivity (Wildman–Crippen MR) is 58.2 cm³/mol. The number of halogens is 1. The van der Waals surface area contributed by atoms with Crippen LogP contribution in [-0.4, -0.2) is 12.0 Å². The van der Waals surface area contributed by atoms with Crippen molar-refractivity contribution in [2.24, 2.45) is 5.73 Å². The molecule has 1 aromatic carbocycles. The van der Waals surface area contributed by atoms with E-state index in [9.17, 15) is 4.79 Å². The van der Waals surface area contributed by atoms with Gasteiger partial charge in [-0.3, -0.25) is 10.7 Å². The SMILES string of the molecule is N=C(N)NC(=O)Nc1ccccc1Br. The van der Waals surface area contributed by atoms with Crippen LogP contribution in [0.4, 0.5) is 10.5 Å². The third-order valence-corrected chi connectivity index (χ3v) is 2.06. The van der Waals surface area contributed by atoms with Crippen LogP contribution >= 0.6 is 15.9 Å². The number of carbonyl (C=O) groups is 1. The lowest BCUT2D eigenvalue weighted by Crippen LogP contribution is -2.38. The lowest BCUT2D eigenvalue weighted by molar-refractivity contribution is 0.256. The summed E-state index contributed by atoms with van der Waals surface area (Å²) in [5.74, 6) is -0.394. The van der Waals surface area contributed by atoms with E-state index in [1.54, 1.807) is 18.2 Å². The lowest BCUT2D eigenvalue weighted by atomic mass is 10.3. The van der Waals surface area contributed by atoms with E-state index in [1.807, 2.05) is 6.07 Å². The fourth-order valence-corrected chi connectivity index (χ4v) is 1.22. The zero-order chi connectivity index (χ0) is 10.6. The largest absolute Gasteiger partial charge is 0.370 e. The molecule has 6 heteroatoms. The second-order valence-corrected chi connectivity index (χ2v) is 3.33. The highest BCUT2D eigenvalue weighted by Crippen LogP contribution is 2.20. The number of nitrogens with two attached hydrogens (primary N) is 1. The molecule has 0 aromatic heterocycles. The van der Waals surface area contributed by atoms with E-state index < -0.39 is 12.0 Å². The first-order valence-corrected chi connectivity index (χ1v) is 4.55. The van der Waals surface area contributed by atoms with Gasteiger partial charge in [-0.1, -0.05) is 12.1 Å². The molecule has 5 N–H and O–H groups in total. The monoisotopic (exact) mass is 256 g/mol. The molecular formula is C8H9BrN4O. The number of urea groups is 1. The molecule has 0 aliphatic carbocycles. The molecule has 0 atom stereocenters. The van der Waals surface area contributed by atoms with E-state index in [2.05, 4.69) is 26.6 Å². The van der Waals surface area contributed by atoms with Gasteiger partial charge in [0.1, 0.15) is 0 Å². The minimum atomic E-state index is -0.538. The molecule has 74 valence electrons. The van der Waals surface area contributed by atoms with Crippen molar-refractivity contribution in [1.82, 2.24) is 5.32 Å². The predicted octanol–water partition coefficient (Wildman–Crippen LogP) is 1.46. The van der Waals surface area contributed by atoms with E-state index in [0.29, 0.717) is 5.69 Å². The van der Waals surface area contributed by atoms with E-state index in [0.717, 1.165) is 4.47 Å². The average Bonchev–Trinajstić information content (AvgIpc) is 2.07. The Bertz CT molecular complexity index is 366. The molecule has 0 aliphatic rings. The maximum atomic E-state index is 11.1. The van der Waals surface area contributed by atoms with Gasteiger partial charge in [0.15, 0.2) is 5.96 Å². The minimum absolute atomic E-state index is 0.394. The zero-order valence-electron chi connectivity index (χ0n) is 7.17. The number of rotatable bonds is 1. The van der Waals surface area contributed by atoms with Crippen molar-refractivity contribution in [2.75, 3.05) is 5.32 Å². The molecule has 0 bridgehead atoms. The van der Waals surface area contributed by atoms with Gasteiger partial charge in [-0.2, -0.15) is 0 Å². The molecule has 0 heterocycles. The summed E-state index contributed by atoms with van der Waals surface area (Å²) in [4.78, 5) is 11.1. The topological polar surface area (TPSA) is 91.0 Å². The summed E-state index contributed by atoms with van der Waals surface area (Å²) in [6.07, 6.45) is 0. The standard InChI is InChI=1S/C8H9BrN4O/c9-5-3-1-2-4-6(5)12-8(14)13-7(10)11/h1-4H,(H5,10,11,12,13,14). The quantitative estimate of drug-likeness (QED) is 0.453. The molecule has 0 saturated carbocycles. The van der Waals surface area contributed by atoms with Crippen LogP contribution in [0.5, 0.6) is 0 Å². The first-order valence-electron chi connectivity index (χ1n) is 3.76. The van der Waals surface area contributed by atoms with Crippen LogP contribution in [0.15, 0.2) is 28.7 Å². The van der Waals surface area contributed by atoms with Crippen molar-refractivity contribution in [2.45, 2.75) is 0 Å². The maximum Gasteiger partial charge on any atom is 0.326 e. The maximum absolute atomic E-state index is 11.1. The third kappa shape index (κ3) is 3.06. The summed E-state index contributed by atoms with van der Waals surface area (Å²) >= 11 is 3.26. The summed E-state index contributed by atoms with van der Waals surface area (Å²) in [7, 11) is 0. The number of hydrogen-bond donors (Lipinski definition) is 4. The van der Waals surface area contributed by atoms with Crippen molar-refractivity contribution >= 4 is 33.6 Å². The van der Waals surface area contributed by atoms with Crippen molar-refractivity contribution < 1.29 is 4.79 Å². The van der Waals surface area contributed by atoms with Crippen molar-refractivity contribution in [3.8, 4) is 0 Å². The number of nitrogens with one attached hydrogen (secondary N) is 3. The van der Waals surface area contributed by atoms with Gasteiger partial charge in [-0.15, -0.1) is 0 Å². The van der Waals surface area contributed by atoms with Gasteiger partial charge in [0.25, 0.3) is 0 Å². The van der Waals surface area contributed by atoms with E-state index in [-0.39, 0.29) is 0 Å². The van der Waals surface area contributed by atoms with Crippen LogP contribution in [0.2, 0.25) is 0 Å². The first kappa shape index (κ1) is 10.5. The molecule has 0 radical (unpaired) electrons. The Morgan fingerprint density at radius 2 is 2.07 bits per heavy atom. The normalized spacial score (nSPS) is 9.21. The van der Waals surface area contributed by atoms with Crippen LogP contribution in [0, 0.1) is 5.41 Å². The van der Waals surface area contributed by atoms with E-state index in [1.165, 1.54) is 0 Å². The molecule has 2 amide bonds. The lowest BCUT2D eigenvalue weighted by Gasteiger charge is -2.06. The summed E-state index contributed by atoms with van der Waals surface area (Å²) in [6, 6.07) is 6.60. The van der Waals surface area contributed by atoms with Crippen LogP contribution in [0.3, 0.4) is 0 Å². The van der Waals surface area contributed by atoms with Gasteiger partial charge in [-0.25, -0.2) is 4.79 Å². The average molecular weight is 257 g/mol. The second kappa shape index (κ2) is 4.61. The summed E-state index contributed by atoms with van der Waals surface area (Å²) in [6.45, 7) is 0. The molecule has 0 aliphatic heterocycles. The molecule has 1 aromatic rings. The highest BCUT2D eigenvalue weighted by Gasteiger charge is 2.04. The number of amides is 2. The molecule has 0 unspecified atom stereocenters. The molecule has 5 nitrogen and oxygen atoms in total. The molecule has 0 spiro atoms.